The van der Waals surface area contributed by atoms with Gasteiger partial charge in [0.1, 0.15) is 11.2 Å². The predicted molar refractivity (Wildman–Crippen MR) is 294 cm³/mol. The van der Waals surface area contributed by atoms with Crippen molar-refractivity contribution >= 4 is 107 Å². The third-order valence-electron chi connectivity index (χ3n) is 13.9. The molecule has 5 heterocycles. The Morgan fingerprint density at radius 3 is 1.50 bits per heavy atom. The number of benzene rings is 10. The highest BCUT2D eigenvalue weighted by Gasteiger charge is 2.20. The minimum Gasteiger partial charge on any atom is -0.456 e. The SMILES string of the molecule is c1ccc(-n2c3ccccc3c3cc(-c4ccc(-c5ccc6oc7cccc(-c8nc(-c9ccc%10c(c9)sc9ccccc9%10)nc(-c9ccc%10c(c9)sc9ccccc9%10)n8)c7c6c5)cc4)ccc32)cc1. The molecule has 15 aromatic rings. The number of nitrogens with zero attached hydrogens (tertiary/aromatic N) is 4. The Hall–Kier alpha value is -8.75. The van der Waals surface area contributed by atoms with Crippen LogP contribution in [0.5, 0.6) is 0 Å². The van der Waals surface area contributed by atoms with Gasteiger partial charge in [0.05, 0.1) is 11.0 Å². The Balaban J connectivity index is 0.845. The van der Waals surface area contributed by atoms with Gasteiger partial charge in [-0.25, -0.2) is 15.0 Å². The second-order valence-electron chi connectivity index (χ2n) is 17.9. The molecule has 0 amide bonds. The molecule has 0 aliphatic rings. The summed E-state index contributed by atoms with van der Waals surface area (Å²) in [4.78, 5) is 15.9. The molecular formula is C63H36N4OS2. The summed E-state index contributed by atoms with van der Waals surface area (Å²) in [5.74, 6) is 1.85. The zero-order valence-corrected chi connectivity index (χ0v) is 38.9. The van der Waals surface area contributed by atoms with Crippen LogP contribution in [-0.4, -0.2) is 19.5 Å². The molecule has 0 atom stereocenters. The normalized spacial score (nSPS) is 12.0. The van der Waals surface area contributed by atoms with Crippen LogP contribution in [0.1, 0.15) is 0 Å². The van der Waals surface area contributed by atoms with Crippen LogP contribution in [0.25, 0.3) is 146 Å². The van der Waals surface area contributed by atoms with Crippen molar-refractivity contribution in [1.29, 1.82) is 0 Å². The number of rotatable bonds is 6. The molecule has 15 rings (SSSR count). The second-order valence-corrected chi connectivity index (χ2v) is 20.1. The van der Waals surface area contributed by atoms with Crippen LogP contribution in [0.4, 0.5) is 0 Å². The molecule has 326 valence electrons. The van der Waals surface area contributed by atoms with Crippen molar-refractivity contribution in [2.24, 2.45) is 0 Å². The Morgan fingerprint density at radius 2 is 0.829 bits per heavy atom. The smallest absolute Gasteiger partial charge is 0.164 e. The zero-order valence-electron chi connectivity index (χ0n) is 37.3. The molecule has 0 bridgehead atoms. The molecule has 7 heteroatoms. The summed E-state index contributed by atoms with van der Waals surface area (Å²) >= 11 is 3.59. The van der Waals surface area contributed by atoms with E-state index in [0.29, 0.717) is 17.5 Å². The average molecular weight is 929 g/mol. The molecule has 0 N–H and O–H groups in total. The van der Waals surface area contributed by atoms with E-state index in [4.69, 9.17) is 19.4 Å². The van der Waals surface area contributed by atoms with E-state index in [1.807, 2.05) is 12.1 Å². The monoisotopic (exact) mass is 928 g/mol. The third-order valence-corrected chi connectivity index (χ3v) is 16.2. The summed E-state index contributed by atoms with van der Waals surface area (Å²) in [6, 6.07) is 78.0. The molecule has 0 aliphatic carbocycles. The van der Waals surface area contributed by atoms with Gasteiger partial charge in [-0.15, -0.1) is 22.7 Å². The summed E-state index contributed by atoms with van der Waals surface area (Å²) in [5, 5.41) is 9.46. The van der Waals surface area contributed by atoms with Crippen LogP contribution in [0, 0.1) is 0 Å². The van der Waals surface area contributed by atoms with Gasteiger partial charge in [0, 0.05) is 84.3 Å². The lowest BCUT2D eigenvalue weighted by molar-refractivity contribution is 0.669. The Bertz CT molecular complexity index is 4470. The highest BCUT2D eigenvalue weighted by atomic mass is 32.1. The Morgan fingerprint density at radius 1 is 0.314 bits per heavy atom. The maximum atomic E-state index is 6.59. The van der Waals surface area contributed by atoms with Crippen molar-refractivity contribution < 1.29 is 4.42 Å². The van der Waals surface area contributed by atoms with Gasteiger partial charge in [-0.3, -0.25) is 0 Å². The predicted octanol–water partition coefficient (Wildman–Crippen LogP) is 17.9. The Labute approximate surface area is 408 Å². The van der Waals surface area contributed by atoms with E-state index in [2.05, 4.69) is 211 Å². The van der Waals surface area contributed by atoms with Crippen LogP contribution in [0.2, 0.25) is 0 Å². The van der Waals surface area contributed by atoms with E-state index in [9.17, 15) is 0 Å². The summed E-state index contributed by atoms with van der Waals surface area (Å²) in [5.41, 5.74) is 12.5. The van der Waals surface area contributed by atoms with Crippen molar-refractivity contribution in [1.82, 2.24) is 19.5 Å². The number of furan rings is 1. The van der Waals surface area contributed by atoms with E-state index < -0.39 is 0 Å². The van der Waals surface area contributed by atoms with Gasteiger partial charge < -0.3 is 8.98 Å². The van der Waals surface area contributed by atoms with Gasteiger partial charge in [0.25, 0.3) is 0 Å². The van der Waals surface area contributed by atoms with E-state index in [0.717, 1.165) is 55.4 Å². The van der Waals surface area contributed by atoms with Gasteiger partial charge in [-0.05, 0) is 95.1 Å². The number of fused-ring (bicyclic) bond motifs is 12. The fraction of sp³-hybridized carbons (Fsp3) is 0. The van der Waals surface area contributed by atoms with Gasteiger partial charge in [0.2, 0.25) is 0 Å². The standard InChI is InChI=1S/C63H36N4OS2/c1-2-11-43(12-3-1)67-52-17-7-4-13-44(52)50-33-39(27-31-53(50)67)37-21-23-38(24-22-37)40-28-32-54-51(34-40)60-49(16-10-18-55(60)68-54)63-65-61(41-25-29-47-45-14-5-8-19-56(45)69-58(47)35-41)64-62(66-63)42-26-30-48-46-15-6-9-20-57(46)70-59(48)36-42/h1-36H. The molecule has 0 fully saturated rings. The molecule has 70 heavy (non-hydrogen) atoms. The van der Waals surface area contributed by atoms with E-state index in [-0.39, 0.29) is 0 Å². The van der Waals surface area contributed by atoms with Gasteiger partial charge >= 0.3 is 0 Å². The lowest BCUT2D eigenvalue weighted by Crippen LogP contribution is -2.00. The molecule has 0 aliphatic heterocycles. The first-order valence-corrected chi connectivity index (χ1v) is 25.0. The first kappa shape index (κ1) is 39.3. The van der Waals surface area contributed by atoms with Crippen molar-refractivity contribution in [3.63, 3.8) is 0 Å². The zero-order chi connectivity index (χ0) is 45.9. The minimum atomic E-state index is 0.597. The van der Waals surface area contributed by atoms with Crippen LogP contribution < -0.4 is 0 Å². The summed E-state index contributed by atoms with van der Waals surface area (Å²) in [7, 11) is 0. The van der Waals surface area contributed by atoms with Crippen molar-refractivity contribution in [3.05, 3.63) is 218 Å². The van der Waals surface area contributed by atoms with Gasteiger partial charge in [0.15, 0.2) is 17.5 Å². The minimum absolute atomic E-state index is 0.597. The van der Waals surface area contributed by atoms with Crippen LogP contribution in [0.3, 0.4) is 0 Å². The largest absolute Gasteiger partial charge is 0.456 e. The van der Waals surface area contributed by atoms with Crippen LogP contribution in [0.15, 0.2) is 223 Å². The number of thiophene rings is 2. The molecule has 10 aromatic carbocycles. The van der Waals surface area contributed by atoms with Crippen molar-refractivity contribution in [2.75, 3.05) is 0 Å². The number of hydrogen-bond donors (Lipinski definition) is 0. The molecule has 5 aromatic heterocycles. The molecule has 0 spiro atoms. The van der Waals surface area contributed by atoms with Gasteiger partial charge in [-0.2, -0.15) is 0 Å². The van der Waals surface area contributed by atoms with Crippen LogP contribution >= 0.6 is 22.7 Å². The maximum Gasteiger partial charge on any atom is 0.164 e. The van der Waals surface area contributed by atoms with E-state index in [1.165, 1.54) is 73.3 Å². The lowest BCUT2D eigenvalue weighted by atomic mass is 9.97. The molecular weight excluding hydrogens is 893 g/mol. The topological polar surface area (TPSA) is 56.7 Å². The first-order chi connectivity index (χ1) is 34.6. The van der Waals surface area contributed by atoms with Gasteiger partial charge in [-0.1, -0.05) is 146 Å². The number of aromatic nitrogens is 4. The fourth-order valence-electron chi connectivity index (χ4n) is 10.5. The summed E-state index contributed by atoms with van der Waals surface area (Å²) in [6.45, 7) is 0. The summed E-state index contributed by atoms with van der Waals surface area (Å²) < 4.78 is 13.9. The lowest BCUT2D eigenvalue weighted by Gasteiger charge is -2.10. The van der Waals surface area contributed by atoms with Crippen LogP contribution in [-0.2, 0) is 0 Å². The van der Waals surface area contributed by atoms with Crippen molar-refractivity contribution in [3.8, 4) is 62.1 Å². The summed E-state index contributed by atoms with van der Waals surface area (Å²) in [6.07, 6.45) is 0. The van der Waals surface area contributed by atoms with E-state index in [1.54, 1.807) is 22.7 Å². The van der Waals surface area contributed by atoms with E-state index >= 15 is 0 Å². The second kappa shape index (κ2) is 15.4. The number of hydrogen-bond acceptors (Lipinski definition) is 6. The molecule has 0 unspecified atom stereocenters. The third kappa shape index (κ3) is 6.19. The molecule has 0 radical (unpaired) electrons. The van der Waals surface area contributed by atoms with Crippen molar-refractivity contribution in [2.45, 2.75) is 0 Å². The number of para-hydroxylation sites is 2. The fourth-order valence-corrected chi connectivity index (χ4v) is 12.8. The quantitative estimate of drug-likeness (QED) is 0.167. The molecule has 0 saturated carbocycles. The molecule has 0 saturated heterocycles. The first-order valence-electron chi connectivity index (χ1n) is 23.4. The average Bonchev–Trinajstić information content (AvgIpc) is 4.19. The maximum absolute atomic E-state index is 6.59. The molecule has 5 nitrogen and oxygen atoms in total. The highest BCUT2D eigenvalue weighted by Crippen LogP contribution is 2.42. The Kier molecular flexibility index (Phi) is 8.63. The highest BCUT2D eigenvalue weighted by molar-refractivity contribution is 7.26.